The van der Waals surface area contributed by atoms with Gasteiger partial charge in [-0.2, -0.15) is 8.78 Å². The molecule has 0 atom stereocenters. The van der Waals surface area contributed by atoms with Crippen molar-refractivity contribution in [2.45, 2.75) is 6.43 Å². The molecule has 0 amide bonds. The summed E-state index contributed by atoms with van der Waals surface area (Å²) >= 11 is 0. The minimum atomic E-state index is -3.23. The van der Waals surface area contributed by atoms with Crippen LogP contribution < -0.4 is 29.6 Å². The van der Waals surface area contributed by atoms with Crippen molar-refractivity contribution in [3.05, 3.63) is 0 Å². The predicted molar refractivity (Wildman–Crippen MR) is 14.8 cm³/mol. The van der Waals surface area contributed by atoms with Gasteiger partial charge in [-0.15, -0.1) is 0 Å². The first-order chi connectivity index (χ1) is 2.64. The van der Waals surface area contributed by atoms with E-state index in [0.717, 1.165) is 0 Å². The van der Waals surface area contributed by atoms with E-state index in [-0.39, 0.29) is 31.0 Å². The Morgan fingerprint density at radius 2 is 1.86 bits per heavy atom. The van der Waals surface area contributed by atoms with E-state index >= 15 is 0 Å². The number of aliphatic carboxylic acids is 1. The Balaban J connectivity index is -0.000000125. The molecule has 1 N–H and O–H groups in total. The quantitative estimate of drug-likeness (QED) is 0.387. The van der Waals surface area contributed by atoms with Gasteiger partial charge in [-0.25, -0.2) is 4.79 Å². The number of carbonyl (C=O) groups is 1. The van der Waals surface area contributed by atoms with E-state index < -0.39 is 12.4 Å². The molecule has 0 saturated carbocycles. The van der Waals surface area contributed by atoms with Crippen LogP contribution in [0.3, 0.4) is 0 Å². The third-order valence-corrected chi connectivity index (χ3v) is 0.187. The van der Waals surface area contributed by atoms with Crippen molar-refractivity contribution in [2.75, 3.05) is 0 Å². The molecule has 0 unspecified atom stereocenters. The Morgan fingerprint density at radius 3 is 1.86 bits per heavy atom. The van der Waals surface area contributed by atoms with Crippen LogP contribution in [-0.4, -0.2) is 17.5 Å². The Bertz CT molecular complexity index is 69.1. The summed E-state index contributed by atoms with van der Waals surface area (Å²) in [6, 6.07) is 0. The Morgan fingerprint density at radius 1 is 1.71 bits per heavy atom. The molecule has 0 aliphatic rings. The van der Waals surface area contributed by atoms with E-state index in [9.17, 15) is 8.78 Å². The summed E-state index contributed by atoms with van der Waals surface area (Å²) in [5.74, 6) is -2.07. The van der Waals surface area contributed by atoms with Crippen LogP contribution in [-0.2, 0) is 4.79 Å². The van der Waals surface area contributed by atoms with Gasteiger partial charge in [0, 0.05) is 0 Å². The number of hydrogen-bond acceptors (Lipinski definition) is 1. The normalized spacial score (nSPS) is 7.86. The second-order valence-corrected chi connectivity index (χ2v) is 0.639. The fraction of sp³-hybridized carbons (Fsp3) is 0.500. The molecular weight excluding hydrogens is 117 g/mol. The van der Waals surface area contributed by atoms with E-state index in [4.69, 9.17) is 9.90 Å². The van der Waals surface area contributed by atoms with Crippen LogP contribution in [0.1, 0.15) is 1.43 Å². The van der Waals surface area contributed by atoms with E-state index in [2.05, 4.69) is 0 Å². The SMILES string of the molecule is O=C(O)C(F)F.[H-].[Na+]. The topological polar surface area (TPSA) is 37.3 Å². The standard InChI is InChI=1S/C2H2F2O2.Na.H/c3-1(4)2(5)6;;/h1H,(H,5,6);;/q;+1;-1. The molecule has 0 fully saturated rings. The van der Waals surface area contributed by atoms with Crippen molar-refractivity contribution >= 4 is 5.97 Å². The number of alkyl halides is 2. The predicted octanol–water partition coefficient (Wildman–Crippen LogP) is -2.55. The summed E-state index contributed by atoms with van der Waals surface area (Å²) in [7, 11) is 0. The van der Waals surface area contributed by atoms with Crippen LogP contribution in [0.5, 0.6) is 0 Å². The van der Waals surface area contributed by atoms with Gasteiger partial charge in [0.2, 0.25) is 0 Å². The Labute approximate surface area is 62.3 Å². The fourth-order valence-electron chi connectivity index (χ4n) is 0. The van der Waals surface area contributed by atoms with Crippen molar-refractivity contribution in [3.63, 3.8) is 0 Å². The number of rotatable bonds is 1. The van der Waals surface area contributed by atoms with Gasteiger partial charge in [0.1, 0.15) is 0 Å². The van der Waals surface area contributed by atoms with Crippen LogP contribution in [0.15, 0.2) is 0 Å². The third-order valence-electron chi connectivity index (χ3n) is 0.187. The second kappa shape index (κ2) is 4.49. The average Bonchev–Trinajstić information content (AvgIpc) is 1.36. The van der Waals surface area contributed by atoms with Gasteiger partial charge >= 0.3 is 42.0 Å². The molecule has 2 nitrogen and oxygen atoms in total. The molecule has 0 saturated heterocycles. The zero-order valence-electron chi connectivity index (χ0n) is 4.69. The molecule has 0 aliphatic heterocycles. The molecule has 0 heterocycles. The zero-order chi connectivity index (χ0) is 5.15. The van der Waals surface area contributed by atoms with Gasteiger partial charge in [0.15, 0.2) is 0 Å². The number of halogens is 2. The third kappa shape index (κ3) is 6.33. The molecular formula is C2H3F2NaO2. The van der Waals surface area contributed by atoms with Crippen molar-refractivity contribution in [3.8, 4) is 0 Å². The summed E-state index contributed by atoms with van der Waals surface area (Å²) in [5.41, 5.74) is 0. The van der Waals surface area contributed by atoms with Gasteiger partial charge in [-0.05, 0) is 0 Å². The molecule has 0 spiro atoms. The van der Waals surface area contributed by atoms with Gasteiger partial charge in [-0.3, -0.25) is 0 Å². The summed E-state index contributed by atoms with van der Waals surface area (Å²) in [5, 5.41) is 7.24. The van der Waals surface area contributed by atoms with E-state index in [1.54, 1.807) is 0 Å². The minimum absolute atomic E-state index is 0. The molecule has 7 heavy (non-hydrogen) atoms. The van der Waals surface area contributed by atoms with Crippen molar-refractivity contribution < 1.29 is 49.7 Å². The zero-order valence-corrected chi connectivity index (χ0v) is 5.69. The Kier molecular flexibility index (Phi) is 6.63. The van der Waals surface area contributed by atoms with Gasteiger partial charge in [0.05, 0.1) is 0 Å². The number of carboxylic acids is 1. The summed E-state index contributed by atoms with van der Waals surface area (Å²) in [6.45, 7) is 0. The van der Waals surface area contributed by atoms with Gasteiger partial charge in [-0.1, -0.05) is 0 Å². The summed E-state index contributed by atoms with van der Waals surface area (Å²) in [6.07, 6.45) is -3.23. The molecule has 5 heteroatoms. The monoisotopic (exact) mass is 120 g/mol. The average molecular weight is 120 g/mol. The maximum Gasteiger partial charge on any atom is 1.00 e. The van der Waals surface area contributed by atoms with Crippen LogP contribution in [0.2, 0.25) is 0 Å². The number of carboxylic acid groups (broad SMARTS) is 1. The molecule has 38 valence electrons. The van der Waals surface area contributed by atoms with Crippen molar-refractivity contribution in [1.29, 1.82) is 0 Å². The molecule has 0 radical (unpaired) electrons. The van der Waals surface area contributed by atoms with Gasteiger partial charge in [0.25, 0.3) is 0 Å². The first-order valence-electron chi connectivity index (χ1n) is 1.15. The van der Waals surface area contributed by atoms with E-state index in [0.29, 0.717) is 0 Å². The second-order valence-electron chi connectivity index (χ2n) is 0.639. The van der Waals surface area contributed by atoms with Crippen LogP contribution in [0.4, 0.5) is 8.78 Å². The van der Waals surface area contributed by atoms with E-state index in [1.165, 1.54) is 0 Å². The molecule has 0 bridgehead atoms. The fourth-order valence-corrected chi connectivity index (χ4v) is 0. The first-order valence-corrected chi connectivity index (χ1v) is 1.15. The van der Waals surface area contributed by atoms with Gasteiger partial charge < -0.3 is 6.53 Å². The van der Waals surface area contributed by atoms with Crippen molar-refractivity contribution in [2.24, 2.45) is 0 Å². The van der Waals surface area contributed by atoms with Crippen LogP contribution in [0, 0.1) is 0 Å². The Hall–Kier alpha value is 0.330. The molecule has 0 aromatic rings. The summed E-state index contributed by atoms with van der Waals surface area (Å²) < 4.78 is 21.1. The summed E-state index contributed by atoms with van der Waals surface area (Å²) in [4.78, 5) is 8.95. The number of hydrogen-bond donors (Lipinski definition) is 1. The molecule has 0 aliphatic carbocycles. The van der Waals surface area contributed by atoms with Crippen LogP contribution in [0.25, 0.3) is 0 Å². The smallest absolute Gasteiger partial charge is 1.00 e. The molecule has 0 aromatic carbocycles. The molecule has 0 aromatic heterocycles. The van der Waals surface area contributed by atoms with Crippen LogP contribution >= 0.6 is 0 Å². The molecule has 0 rings (SSSR count). The van der Waals surface area contributed by atoms with Crippen molar-refractivity contribution in [1.82, 2.24) is 0 Å². The first kappa shape index (κ1) is 10.3. The minimum Gasteiger partial charge on any atom is -1.00 e. The van der Waals surface area contributed by atoms with E-state index in [1.807, 2.05) is 0 Å². The maximum absolute atomic E-state index is 10.6. The maximum atomic E-state index is 10.6. The largest absolute Gasteiger partial charge is 1.00 e.